The van der Waals surface area contributed by atoms with Crippen molar-refractivity contribution in [2.45, 2.75) is 25.8 Å². The minimum atomic E-state index is -0.123. The van der Waals surface area contributed by atoms with E-state index in [0.29, 0.717) is 11.7 Å². The zero-order valence-electron chi connectivity index (χ0n) is 11.8. The lowest BCUT2D eigenvalue weighted by Gasteiger charge is -2.27. The van der Waals surface area contributed by atoms with E-state index in [4.69, 9.17) is 0 Å². The van der Waals surface area contributed by atoms with Crippen molar-refractivity contribution >= 4 is 11.6 Å². The number of piperidine rings is 1. The summed E-state index contributed by atoms with van der Waals surface area (Å²) in [6.45, 7) is 3.07. The molecule has 1 aromatic heterocycles. The molecular weight excluding hydrogens is 268 g/mol. The Labute approximate surface area is 122 Å². The zero-order chi connectivity index (χ0) is 14.7. The number of hydrogen-bond donors (Lipinski definition) is 3. The molecule has 2 aromatic rings. The fourth-order valence-electron chi connectivity index (χ4n) is 2.56. The molecule has 7 heteroatoms. The van der Waals surface area contributed by atoms with Gasteiger partial charge in [0.05, 0.1) is 6.04 Å². The molecule has 1 saturated heterocycles. The maximum absolute atomic E-state index is 12.3. The van der Waals surface area contributed by atoms with E-state index in [-0.39, 0.29) is 11.9 Å². The van der Waals surface area contributed by atoms with Gasteiger partial charge in [-0.25, -0.2) is 0 Å². The van der Waals surface area contributed by atoms with Gasteiger partial charge in [-0.05, 0) is 42.7 Å². The monoisotopic (exact) mass is 286 g/mol. The number of carbonyl (C=O) groups excluding carboxylic acids is 1. The number of amides is 1. The summed E-state index contributed by atoms with van der Waals surface area (Å²) in [5.74, 6) is 1.09. The van der Waals surface area contributed by atoms with Crippen LogP contribution in [0.5, 0.6) is 0 Å². The summed E-state index contributed by atoms with van der Waals surface area (Å²) >= 11 is 0. The highest BCUT2D eigenvalue weighted by molar-refractivity contribution is 5.95. The van der Waals surface area contributed by atoms with E-state index >= 15 is 0 Å². The van der Waals surface area contributed by atoms with E-state index in [1.807, 2.05) is 24.3 Å². The van der Waals surface area contributed by atoms with E-state index in [1.54, 1.807) is 0 Å². The van der Waals surface area contributed by atoms with Crippen molar-refractivity contribution in [2.75, 3.05) is 11.9 Å². The van der Waals surface area contributed by atoms with E-state index in [1.165, 1.54) is 0 Å². The maximum Gasteiger partial charge on any atom is 0.241 e. The summed E-state index contributed by atoms with van der Waals surface area (Å²) in [4.78, 5) is 12.3. The van der Waals surface area contributed by atoms with Crippen LogP contribution in [0.25, 0.3) is 11.4 Å². The highest BCUT2D eigenvalue weighted by Crippen LogP contribution is 2.20. The van der Waals surface area contributed by atoms with Gasteiger partial charge in [0.15, 0.2) is 0 Å². The number of anilines is 1. The first-order valence-electron chi connectivity index (χ1n) is 7.10. The van der Waals surface area contributed by atoms with Gasteiger partial charge < -0.3 is 10.6 Å². The van der Waals surface area contributed by atoms with Crippen molar-refractivity contribution in [3.63, 3.8) is 0 Å². The predicted octanol–water partition coefficient (Wildman–Crippen LogP) is 1.19. The Kier molecular flexibility index (Phi) is 3.92. The maximum atomic E-state index is 12.3. The van der Waals surface area contributed by atoms with Gasteiger partial charge in [-0.15, -0.1) is 10.2 Å². The Morgan fingerprint density at radius 3 is 3.10 bits per heavy atom. The molecule has 3 rings (SSSR count). The van der Waals surface area contributed by atoms with Crippen LogP contribution in [0.15, 0.2) is 24.3 Å². The molecule has 0 radical (unpaired) electrons. The number of rotatable bonds is 3. The first kappa shape index (κ1) is 13.7. The smallest absolute Gasteiger partial charge is 0.241 e. The number of benzene rings is 1. The standard InChI is InChI=1S/C14H18N6O/c1-9-5-6-15-12(7-9)14(21)16-11-4-2-3-10(8-11)13-17-19-20-18-13/h2-4,8-9,12,15H,5-7H2,1H3,(H,16,21)(H,17,18,19,20). The van der Waals surface area contributed by atoms with Gasteiger partial charge in [0.1, 0.15) is 0 Å². The molecular formula is C14H18N6O. The number of tetrazole rings is 1. The molecule has 21 heavy (non-hydrogen) atoms. The summed E-state index contributed by atoms with van der Waals surface area (Å²) in [6.07, 6.45) is 1.99. The van der Waals surface area contributed by atoms with Crippen molar-refractivity contribution in [3.8, 4) is 11.4 Å². The zero-order valence-corrected chi connectivity index (χ0v) is 11.8. The van der Waals surface area contributed by atoms with Gasteiger partial charge in [0, 0.05) is 11.3 Å². The molecule has 2 heterocycles. The van der Waals surface area contributed by atoms with Crippen molar-refractivity contribution in [1.82, 2.24) is 25.9 Å². The Hall–Kier alpha value is -2.28. The molecule has 0 saturated carbocycles. The van der Waals surface area contributed by atoms with Gasteiger partial charge in [0.25, 0.3) is 0 Å². The van der Waals surface area contributed by atoms with Crippen LogP contribution in [0.3, 0.4) is 0 Å². The molecule has 2 unspecified atom stereocenters. The molecule has 1 aliphatic rings. The molecule has 110 valence electrons. The van der Waals surface area contributed by atoms with Crippen molar-refractivity contribution in [2.24, 2.45) is 5.92 Å². The second-order valence-electron chi connectivity index (χ2n) is 5.44. The fourth-order valence-corrected chi connectivity index (χ4v) is 2.56. The summed E-state index contributed by atoms with van der Waals surface area (Å²) < 4.78 is 0. The number of aromatic nitrogens is 4. The number of aromatic amines is 1. The topological polar surface area (TPSA) is 95.6 Å². The third kappa shape index (κ3) is 3.25. The lowest BCUT2D eigenvalue weighted by Crippen LogP contribution is -2.45. The molecule has 0 bridgehead atoms. The van der Waals surface area contributed by atoms with Crippen LogP contribution in [-0.4, -0.2) is 39.1 Å². The highest BCUT2D eigenvalue weighted by Gasteiger charge is 2.24. The molecule has 0 spiro atoms. The third-order valence-corrected chi connectivity index (χ3v) is 3.72. The van der Waals surface area contributed by atoms with Crippen LogP contribution in [0.1, 0.15) is 19.8 Å². The average molecular weight is 286 g/mol. The summed E-state index contributed by atoms with van der Waals surface area (Å²) in [5.41, 5.74) is 1.55. The van der Waals surface area contributed by atoms with E-state index in [9.17, 15) is 4.79 Å². The molecule has 2 atom stereocenters. The number of carbonyl (C=O) groups is 1. The Morgan fingerprint density at radius 1 is 1.43 bits per heavy atom. The molecule has 1 aromatic carbocycles. The van der Waals surface area contributed by atoms with Gasteiger partial charge in [-0.3, -0.25) is 4.79 Å². The normalized spacial score (nSPS) is 22.0. The SMILES string of the molecule is CC1CCNC(C(=O)Nc2cccc(-c3nn[nH]n3)c2)C1. The molecule has 1 amide bonds. The number of nitrogens with one attached hydrogen (secondary N) is 3. The molecule has 1 aliphatic heterocycles. The predicted molar refractivity (Wildman–Crippen MR) is 78.4 cm³/mol. The molecule has 7 nitrogen and oxygen atoms in total. The van der Waals surface area contributed by atoms with Gasteiger partial charge in [0.2, 0.25) is 11.7 Å². The van der Waals surface area contributed by atoms with Crippen LogP contribution >= 0.6 is 0 Å². The lowest BCUT2D eigenvalue weighted by atomic mass is 9.94. The van der Waals surface area contributed by atoms with E-state index < -0.39 is 0 Å². The fraction of sp³-hybridized carbons (Fsp3) is 0.429. The Bertz CT molecular complexity index is 612. The summed E-state index contributed by atoms with van der Waals surface area (Å²) in [6, 6.07) is 7.31. The highest BCUT2D eigenvalue weighted by atomic mass is 16.2. The van der Waals surface area contributed by atoms with E-state index in [0.717, 1.165) is 30.6 Å². The van der Waals surface area contributed by atoms with Crippen molar-refractivity contribution in [3.05, 3.63) is 24.3 Å². The molecule has 3 N–H and O–H groups in total. The van der Waals surface area contributed by atoms with Crippen molar-refractivity contribution < 1.29 is 4.79 Å². The lowest BCUT2D eigenvalue weighted by molar-refractivity contribution is -0.119. The summed E-state index contributed by atoms with van der Waals surface area (Å²) in [5, 5.41) is 20.0. The Morgan fingerprint density at radius 2 is 2.33 bits per heavy atom. The average Bonchev–Trinajstić information content (AvgIpc) is 3.02. The minimum absolute atomic E-state index is 0.00631. The second-order valence-corrected chi connectivity index (χ2v) is 5.44. The largest absolute Gasteiger partial charge is 0.325 e. The molecule has 0 aliphatic carbocycles. The first-order chi connectivity index (χ1) is 10.2. The third-order valence-electron chi connectivity index (χ3n) is 3.72. The van der Waals surface area contributed by atoms with E-state index in [2.05, 4.69) is 38.2 Å². The second kappa shape index (κ2) is 6.01. The van der Waals surface area contributed by atoms with Crippen LogP contribution < -0.4 is 10.6 Å². The van der Waals surface area contributed by atoms with Crippen LogP contribution in [0.2, 0.25) is 0 Å². The van der Waals surface area contributed by atoms with Gasteiger partial charge in [-0.2, -0.15) is 5.21 Å². The van der Waals surface area contributed by atoms with Crippen LogP contribution in [0.4, 0.5) is 5.69 Å². The number of H-pyrrole nitrogens is 1. The summed E-state index contributed by atoms with van der Waals surface area (Å²) in [7, 11) is 0. The first-order valence-corrected chi connectivity index (χ1v) is 7.10. The minimum Gasteiger partial charge on any atom is -0.325 e. The van der Waals surface area contributed by atoms with Gasteiger partial charge >= 0.3 is 0 Å². The van der Waals surface area contributed by atoms with Gasteiger partial charge in [-0.1, -0.05) is 19.1 Å². The van der Waals surface area contributed by atoms with Crippen LogP contribution in [-0.2, 0) is 4.79 Å². The molecule has 1 fully saturated rings. The van der Waals surface area contributed by atoms with Crippen molar-refractivity contribution in [1.29, 1.82) is 0 Å². The quantitative estimate of drug-likeness (QED) is 0.788. The Balaban J connectivity index is 1.70. The van der Waals surface area contributed by atoms with Crippen LogP contribution in [0, 0.1) is 5.92 Å². The number of hydrogen-bond acceptors (Lipinski definition) is 5. The number of nitrogens with zero attached hydrogens (tertiary/aromatic N) is 3.